The Bertz CT molecular complexity index is 883. The van der Waals surface area contributed by atoms with Crippen LogP contribution in [0.3, 0.4) is 0 Å². The topological polar surface area (TPSA) is 53.1 Å². The largest absolute Gasteiger partial charge is 0.416 e. The highest BCUT2D eigenvalue weighted by molar-refractivity contribution is 6.30. The zero-order valence-electron chi connectivity index (χ0n) is 17.4. The molecule has 1 heterocycles. The van der Waals surface area contributed by atoms with Gasteiger partial charge in [0.2, 0.25) is 5.95 Å². The molecule has 5 nitrogen and oxygen atoms in total. The van der Waals surface area contributed by atoms with Crippen molar-refractivity contribution in [1.82, 2.24) is 15.3 Å². The molecule has 31 heavy (non-hydrogen) atoms. The summed E-state index contributed by atoms with van der Waals surface area (Å²) in [6.07, 6.45) is 0.928. The SMILES string of the molecule is CN(C)c1ccnc(NC2CCC(CNCc3cc(C(F)(F)F)cc(Cl)c3F)CC2)n1. The average molecular weight is 460 g/mol. The quantitative estimate of drug-likeness (QED) is 0.563. The van der Waals surface area contributed by atoms with Crippen LogP contribution in [-0.4, -0.2) is 36.6 Å². The van der Waals surface area contributed by atoms with Crippen molar-refractivity contribution >= 4 is 23.4 Å². The number of nitrogens with zero attached hydrogens (tertiary/aromatic N) is 3. The van der Waals surface area contributed by atoms with Crippen LogP contribution >= 0.6 is 11.6 Å². The van der Waals surface area contributed by atoms with E-state index in [0.29, 0.717) is 24.5 Å². The molecule has 0 aliphatic heterocycles. The molecule has 1 aliphatic rings. The number of aromatic nitrogens is 2. The predicted molar refractivity (Wildman–Crippen MR) is 114 cm³/mol. The molecule has 1 saturated carbocycles. The molecule has 0 spiro atoms. The van der Waals surface area contributed by atoms with Crippen molar-refractivity contribution in [1.29, 1.82) is 0 Å². The summed E-state index contributed by atoms with van der Waals surface area (Å²) in [6.45, 7) is 0.603. The zero-order valence-corrected chi connectivity index (χ0v) is 18.2. The smallest absolute Gasteiger partial charge is 0.363 e. The van der Waals surface area contributed by atoms with Crippen LogP contribution in [0, 0.1) is 11.7 Å². The van der Waals surface area contributed by atoms with E-state index in [1.165, 1.54) is 0 Å². The second-order valence-electron chi connectivity index (χ2n) is 8.05. The van der Waals surface area contributed by atoms with Crippen molar-refractivity contribution in [2.75, 3.05) is 30.9 Å². The molecule has 0 saturated heterocycles. The lowest BCUT2D eigenvalue weighted by Crippen LogP contribution is -2.31. The van der Waals surface area contributed by atoms with Gasteiger partial charge in [-0.05, 0) is 56.3 Å². The summed E-state index contributed by atoms with van der Waals surface area (Å²) < 4.78 is 52.9. The molecule has 170 valence electrons. The summed E-state index contributed by atoms with van der Waals surface area (Å²) in [6, 6.07) is 3.55. The second-order valence-corrected chi connectivity index (χ2v) is 8.46. The van der Waals surface area contributed by atoms with Gasteiger partial charge in [0.15, 0.2) is 0 Å². The number of hydrogen-bond acceptors (Lipinski definition) is 5. The third-order valence-corrected chi connectivity index (χ3v) is 5.73. The van der Waals surface area contributed by atoms with Gasteiger partial charge in [-0.1, -0.05) is 11.6 Å². The lowest BCUT2D eigenvalue weighted by Gasteiger charge is -2.29. The molecule has 10 heteroatoms. The Balaban J connectivity index is 1.47. The Labute approximate surface area is 184 Å². The molecule has 1 aromatic carbocycles. The standard InChI is InChI=1S/C21H26ClF4N5/c1-31(2)18-7-8-28-20(30-18)29-16-5-3-13(4-6-16)11-27-12-14-9-15(21(24,25)26)10-17(22)19(14)23/h7-10,13,16,27H,3-6,11-12H2,1-2H3,(H,28,29,30). The van der Waals surface area contributed by atoms with Crippen molar-refractivity contribution in [2.45, 2.75) is 44.4 Å². The van der Waals surface area contributed by atoms with Crippen molar-refractivity contribution in [3.05, 3.63) is 46.4 Å². The molecule has 0 unspecified atom stereocenters. The highest BCUT2D eigenvalue weighted by Gasteiger charge is 2.32. The van der Waals surface area contributed by atoms with Crippen molar-refractivity contribution in [3.63, 3.8) is 0 Å². The van der Waals surface area contributed by atoms with E-state index in [0.717, 1.165) is 37.6 Å². The average Bonchev–Trinajstić information content (AvgIpc) is 2.71. The third kappa shape index (κ3) is 6.43. The predicted octanol–water partition coefficient (Wildman–Crippen LogP) is 5.11. The fraction of sp³-hybridized carbons (Fsp3) is 0.524. The van der Waals surface area contributed by atoms with Gasteiger partial charge in [0.05, 0.1) is 10.6 Å². The summed E-state index contributed by atoms with van der Waals surface area (Å²) in [5, 5.41) is 5.94. The van der Waals surface area contributed by atoms with Crippen LogP contribution in [0.5, 0.6) is 0 Å². The van der Waals surface area contributed by atoms with E-state index in [-0.39, 0.29) is 18.2 Å². The molecule has 2 N–H and O–H groups in total. The molecule has 2 aromatic rings. The van der Waals surface area contributed by atoms with Crippen LogP contribution in [0.2, 0.25) is 5.02 Å². The summed E-state index contributed by atoms with van der Waals surface area (Å²) in [5.74, 6) is 0.994. The first-order valence-corrected chi connectivity index (χ1v) is 10.5. The second kappa shape index (κ2) is 9.99. The van der Waals surface area contributed by atoms with Gasteiger partial charge >= 0.3 is 6.18 Å². The molecular weight excluding hydrogens is 434 g/mol. The van der Waals surface area contributed by atoms with Gasteiger partial charge in [-0.3, -0.25) is 0 Å². The van der Waals surface area contributed by atoms with Crippen molar-refractivity contribution < 1.29 is 17.6 Å². The lowest BCUT2D eigenvalue weighted by molar-refractivity contribution is -0.137. The maximum absolute atomic E-state index is 14.1. The van der Waals surface area contributed by atoms with Gasteiger partial charge in [0.25, 0.3) is 0 Å². The molecule has 0 radical (unpaired) electrons. The van der Waals surface area contributed by atoms with Gasteiger partial charge < -0.3 is 15.5 Å². The minimum atomic E-state index is -4.56. The number of halogens is 5. The van der Waals surface area contributed by atoms with E-state index in [1.54, 1.807) is 6.20 Å². The summed E-state index contributed by atoms with van der Waals surface area (Å²) in [7, 11) is 3.84. The first-order valence-electron chi connectivity index (χ1n) is 10.2. The summed E-state index contributed by atoms with van der Waals surface area (Å²) in [4.78, 5) is 10.7. The number of anilines is 2. The maximum Gasteiger partial charge on any atom is 0.416 e. The molecule has 3 rings (SSSR count). The van der Waals surface area contributed by atoms with Gasteiger partial charge in [0, 0.05) is 38.4 Å². The molecule has 0 amide bonds. The van der Waals surface area contributed by atoms with E-state index in [4.69, 9.17) is 11.6 Å². The van der Waals surface area contributed by atoms with Gasteiger partial charge in [0.1, 0.15) is 11.6 Å². The lowest BCUT2D eigenvalue weighted by atomic mass is 9.86. The monoisotopic (exact) mass is 459 g/mol. The Hall–Kier alpha value is -2.13. The fourth-order valence-corrected chi connectivity index (χ4v) is 3.95. The van der Waals surface area contributed by atoms with Gasteiger partial charge in [-0.2, -0.15) is 18.2 Å². The number of benzene rings is 1. The van der Waals surface area contributed by atoms with Crippen LogP contribution in [0.15, 0.2) is 24.4 Å². The molecule has 1 aliphatic carbocycles. The van der Waals surface area contributed by atoms with Crippen LogP contribution in [-0.2, 0) is 12.7 Å². The fourth-order valence-electron chi connectivity index (χ4n) is 3.71. The molecule has 0 atom stereocenters. The van der Waals surface area contributed by atoms with Crippen molar-refractivity contribution in [2.24, 2.45) is 5.92 Å². The molecular formula is C21H26ClF4N5. The Morgan fingerprint density at radius 3 is 2.52 bits per heavy atom. The number of rotatable bonds is 7. The zero-order chi connectivity index (χ0) is 22.6. The minimum absolute atomic E-state index is 0.00117. The third-order valence-electron chi connectivity index (χ3n) is 5.46. The first kappa shape index (κ1) is 23.5. The van der Waals surface area contributed by atoms with E-state index in [1.807, 2.05) is 25.1 Å². The maximum atomic E-state index is 14.1. The summed E-state index contributed by atoms with van der Waals surface area (Å²) >= 11 is 5.64. The minimum Gasteiger partial charge on any atom is -0.363 e. The molecule has 0 bridgehead atoms. The van der Waals surface area contributed by atoms with Crippen LogP contribution in [0.25, 0.3) is 0 Å². The number of hydrogen-bond donors (Lipinski definition) is 2. The first-order chi connectivity index (χ1) is 14.6. The Morgan fingerprint density at radius 2 is 1.87 bits per heavy atom. The number of nitrogens with one attached hydrogen (secondary N) is 2. The normalized spacial score (nSPS) is 19.3. The number of alkyl halides is 3. The summed E-state index contributed by atoms with van der Waals surface area (Å²) in [5.41, 5.74) is -1.02. The van der Waals surface area contributed by atoms with Crippen LogP contribution in [0.4, 0.5) is 29.3 Å². The molecule has 1 aromatic heterocycles. The van der Waals surface area contributed by atoms with Gasteiger partial charge in [-0.15, -0.1) is 0 Å². The highest BCUT2D eigenvalue weighted by atomic mass is 35.5. The van der Waals surface area contributed by atoms with E-state index < -0.39 is 22.6 Å². The van der Waals surface area contributed by atoms with Crippen LogP contribution in [0.1, 0.15) is 36.8 Å². The van der Waals surface area contributed by atoms with E-state index >= 15 is 0 Å². The van der Waals surface area contributed by atoms with E-state index in [2.05, 4.69) is 20.6 Å². The Kier molecular flexibility index (Phi) is 7.59. The Morgan fingerprint density at radius 1 is 1.16 bits per heavy atom. The van der Waals surface area contributed by atoms with Crippen LogP contribution < -0.4 is 15.5 Å². The molecule has 1 fully saturated rings. The van der Waals surface area contributed by atoms with Gasteiger partial charge in [-0.25, -0.2) is 9.37 Å². The van der Waals surface area contributed by atoms with E-state index in [9.17, 15) is 17.6 Å². The van der Waals surface area contributed by atoms with Crippen molar-refractivity contribution in [3.8, 4) is 0 Å². The highest BCUT2D eigenvalue weighted by Crippen LogP contribution is 2.33.